The van der Waals surface area contributed by atoms with Gasteiger partial charge >= 0.3 is 6.03 Å². The van der Waals surface area contributed by atoms with Crippen molar-refractivity contribution < 1.29 is 18.7 Å². The monoisotopic (exact) mass is 333 g/mol. The van der Waals surface area contributed by atoms with Crippen molar-refractivity contribution in [3.05, 3.63) is 29.6 Å². The number of ether oxygens (including phenoxy) is 1. The smallest absolute Gasteiger partial charge is 0.321 e. The summed E-state index contributed by atoms with van der Waals surface area (Å²) < 4.78 is 19.8. The van der Waals surface area contributed by atoms with Gasteiger partial charge in [0, 0.05) is 18.8 Å². The van der Waals surface area contributed by atoms with Gasteiger partial charge in [-0.25, -0.2) is 9.18 Å². The second-order valence-corrected chi connectivity index (χ2v) is 6.99. The molecule has 3 aliphatic rings. The summed E-state index contributed by atoms with van der Waals surface area (Å²) in [5.41, 5.74) is 0.913. The van der Waals surface area contributed by atoms with Gasteiger partial charge in [0.1, 0.15) is 5.82 Å². The SMILES string of the molecule is C[C@@H]1CN2c3cc(F)ccc3CC3(CNC(=O)NC3=O)C2[C@H](C)O1. The molecule has 0 aromatic heterocycles. The molecule has 24 heavy (non-hydrogen) atoms. The van der Waals surface area contributed by atoms with Crippen LogP contribution >= 0.6 is 0 Å². The lowest BCUT2D eigenvalue weighted by atomic mass is 9.67. The third-order valence-electron chi connectivity index (χ3n) is 5.35. The molecule has 1 aromatic carbocycles. The highest BCUT2D eigenvalue weighted by atomic mass is 19.1. The number of nitrogens with zero attached hydrogens (tertiary/aromatic N) is 1. The third-order valence-corrected chi connectivity index (χ3v) is 5.35. The van der Waals surface area contributed by atoms with E-state index >= 15 is 0 Å². The summed E-state index contributed by atoms with van der Waals surface area (Å²) in [5, 5.41) is 5.15. The van der Waals surface area contributed by atoms with Gasteiger partial charge in [0.15, 0.2) is 0 Å². The number of hydrogen-bond donors (Lipinski definition) is 2. The van der Waals surface area contributed by atoms with E-state index in [1.807, 2.05) is 13.8 Å². The number of nitrogens with one attached hydrogen (secondary N) is 2. The molecule has 7 heteroatoms. The van der Waals surface area contributed by atoms with E-state index in [0.29, 0.717) is 13.0 Å². The second-order valence-electron chi connectivity index (χ2n) is 6.99. The number of anilines is 1. The number of urea groups is 1. The number of morpholine rings is 1. The van der Waals surface area contributed by atoms with Crippen LogP contribution in [-0.4, -0.2) is 43.3 Å². The Bertz CT molecular complexity index is 725. The molecule has 1 aromatic rings. The first-order chi connectivity index (χ1) is 11.4. The molecule has 2 saturated heterocycles. The fourth-order valence-corrected chi connectivity index (χ4v) is 4.49. The number of imide groups is 1. The number of benzene rings is 1. The van der Waals surface area contributed by atoms with Crippen molar-refractivity contribution in [3.8, 4) is 0 Å². The predicted molar refractivity (Wildman–Crippen MR) is 85.2 cm³/mol. The number of carbonyl (C=O) groups excluding carboxylic acids is 2. The molecule has 0 aliphatic carbocycles. The molecule has 0 radical (unpaired) electrons. The molecule has 0 saturated carbocycles. The maximum absolute atomic E-state index is 13.8. The van der Waals surface area contributed by atoms with Crippen LogP contribution in [0.1, 0.15) is 19.4 Å². The molecule has 2 unspecified atom stereocenters. The topological polar surface area (TPSA) is 70.7 Å². The van der Waals surface area contributed by atoms with Crippen molar-refractivity contribution in [1.82, 2.24) is 10.6 Å². The summed E-state index contributed by atoms with van der Waals surface area (Å²) >= 11 is 0. The van der Waals surface area contributed by atoms with Crippen LogP contribution in [0.2, 0.25) is 0 Å². The molecular formula is C17H20FN3O3. The van der Waals surface area contributed by atoms with E-state index in [1.165, 1.54) is 12.1 Å². The van der Waals surface area contributed by atoms with Crippen molar-refractivity contribution in [2.24, 2.45) is 5.41 Å². The van der Waals surface area contributed by atoms with Crippen LogP contribution in [0.25, 0.3) is 0 Å². The average Bonchev–Trinajstić information content (AvgIpc) is 2.51. The molecule has 2 fully saturated rings. The van der Waals surface area contributed by atoms with Gasteiger partial charge in [0.05, 0.1) is 23.7 Å². The van der Waals surface area contributed by atoms with Gasteiger partial charge in [-0.3, -0.25) is 10.1 Å². The first-order valence-electron chi connectivity index (χ1n) is 8.20. The summed E-state index contributed by atoms with van der Waals surface area (Å²) in [6, 6.07) is 3.94. The van der Waals surface area contributed by atoms with Crippen molar-refractivity contribution in [2.75, 3.05) is 18.0 Å². The first kappa shape index (κ1) is 15.4. The minimum atomic E-state index is -0.821. The van der Waals surface area contributed by atoms with E-state index in [2.05, 4.69) is 15.5 Å². The standard InChI is InChI=1S/C17H20FN3O3/c1-9-7-21-13-5-12(18)4-3-11(13)6-17(14(21)10(2)24-9)8-19-16(23)20-15(17)22/h3-5,9-10,14H,6-8H2,1-2H3,(H2,19,20,22,23)/t9-,10+,14?,17?/m1/s1. The van der Waals surface area contributed by atoms with Crippen LogP contribution in [0, 0.1) is 11.2 Å². The van der Waals surface area contributed by atoms with Gasteiger partial charge in [-0.05, 0) is 38.0 Å². The van der Waals surface area contributed by atoms with E-state index in [-0.39, 0.29) is 36.5 Å². The van der Waals surface area contributed by atoms with E-state index in [0.717, 1.165) is 11.3 Å². The van der Waals surface area contributed by atoms with E-state index in [1.54, 1.807) is 6.07 Å². The molecule has 6 nitrogen and oxygen atoms in total. The highest BCUT2D eigenvalue weighted by Gasteiger charge is 2.57. The lowest BCUT2D eigenvalue weighted by Crippen LogP contribution is -2.73. The molecule has 2 N–H and O–H groups in total. The van der Waals surface area contributed by atoms with Crippen molar-refractivity contribution in [1.29, 1.82) is 0 Å². The molecule has 0 bridgehead atoms. The zero-order valence-corrected chi connectivity index (χ0v) is 13.6. The van der Waals surface area contributed by atoms with Gasteiger partial charge in [-0.1, -0.05) is 6.07 Å². The fourth-order valence-electron chi connectivity index (χ4n) is 4.49. The van der Waals surface area contributed by atoms with Crippen LogP contribution in [0.4, 0.5) is 14.9 Å². The quantitative estimate of drug-likeness (QED) is 0.748. The summed E-state index contributed by atoms with van der Waals surface area (Å²) in [5.74, 6) is -0.585. The third kappa shape index (κ3) is 2.11. The molecule has 4 atom stereocenters. The number of fused-ring (bicyclic) bond motifs is 4. The van der Waals surface area contributed by atoms with Crippen LogP contribution in [0.15, 0.2) is 18.2 Å². The zero-order valence-electron chi connectivity index (χ0n) is 13.6. The lowest BCUT2D eigenvalue weighted by Gasteiger charge is -2.56. The van der Waals surface area contributed by atoms with Gasteiger partial charge in [-0.2, -0.15) is 0 Å². The Morgan fingerprint density at radius 1 is 1.33 bits per heavy atom. The number of amides is 3. The minimum absolute atomic E-state index is 0.0243. The molecule has 3 amide bonds. The predicted octanol–water partition coefficient (Wildman–Crippen LogP) is 1.19. The Morgan fingerprint density at radius 2 is 2.12 bits per heavy atom. The Balaban J connectivity index is 1.86. The maximum atomic E-state index is 13.8. The largest absolute Gasteiger partial charge is 0.372 e. The van der Waals surface area contributed by atoms with Crippen molar-refractivity contribution in [2.45, 2.75) is 38.5 Å². The molecule has 128 valence electrons. The molecule has 4 rings (SSSR count). The van der Waals surface area contributed by atoms with Crippen LogP contribution in [0.5, 0.6) is 0 Å². The summed E-state index contributed by atoms with van der Waals surface area (Å²) in [7, 11) is 0. The lowest BCUT2D eigenvalue weighted by molar-refractivity contribution is -0.139. The van der Waals surface area contributed by atoms with Gasteiger partial charge < -0.3 is 15.0 Å². The summed E-state index contributed by atoms with van der Waals surface area (Å²) in [6.07, 6.45) is 0.201. The zero-order chi connectivity index (χ0) is 17.1. The summed E-state index contributed by atoms with van der Waals surface area (Å²) in [6.45, 7) is 4.73. The van der Waals surface area contributed by atoms with Gasteiger partial charge in [-0.15, -0.1) is 0 Å². The molecule has 3 aliphatic heterocycles. The highest BCUT2D eigenvalue weighted by Crippen LogP contribution is 2.46. The van der Waals surface area contributed by atoms with Crippen LogP contribution < -0.4 is 15.5 Å². The number of hydrogen-bond acceptors (Lipinski definition) is 4. The molecule has 3 heterocycles. The minimum Gasteiger partial charge on any atom is -0.372 e. The fraction of sp³-hybridized carbons (Fsp3) is 0.529. The normalized spacial score (nSPS) is 35.1. The van der Waals surface area contributed by atoms with E-state index in [9.17, 15) is 14.0 Å². The molecular weight excluding hydrogens is 313 g/mol. The molecule has 1 spiro atoms. The summed E-state index contributed by atoms with van der Waals surface area (Å²) in [4.78, 5) is 26.4. The van der Waals surface area contributed by atoms with Crippen LogP contribution in [-0.2, 0) is 16.0 Å². The van der Waals surface area contributed by atoms with Crippen molar-refractivity contribution >= 4 is 17.6 Å². The number of rotatable bonds is 0. The van der Waals surface area contributed by atoms with Gasteiger partial charge in [0.25, 0.3) is 0 Å². The van der Waals surface area contributed by atoms with Crippen LogP contribution in [0.3, 0.4) is 0 Å². The van der Waals surface area contributed by atoms with E-state index in [4.69, 9.17) is 4.74 Å². The first-order valence-corrected chi connectivity index (χ1v) is 8.20. The highest BCUT2D eigenvalue weighted by molar-refractivity contribution is 6.01. The van der Waals surface area contributed by atoms with Crippen molar-refractivity contribution in [3.63, 3.8) is 0 Å². The number of carbonyl (C=O) groups is 2. The Kier molecular flexibility index (Phi) is 3.32. The van der Waals surface area contributed by atoms with Gasteiger partial charge in [0.2, 0.25) is 5.91 Å². The Hall–Kier alpha value is -2.15. The maximum Gasteiger partial charge on any atom is 0.321 e. The Labute approximate surface area is 139 Å². The number of halogens is 1. The van der Waals surface area contributed by atoms with E-state index < -0.39 is 11.4 Å². The Morgan fingerprint density at radius 3 is 2.88 bits per heavy atom. The second kappa shape index (κ2) is 5.17. The average molecular weight is 333 g/mol.